The first-order valence-corrected chi connectivity index (χ1v) is 9.76. The third-order valence-corrected chi connectivity index (χ3v) is 5.74. The molecule has 0 bridgehead atoms. The van der Waals surface area contributed by atoms with Gasteiger partial charge in [-0.1, -0.05) is 30.0 Å². The van der Waals surface area contributed by atoms with Gasteiger partial charge in [-0.05, 0) is 64.0 Å². The molecule has 0 spiro atoms. The van der Waals surface area contributed by atoms with Crippen molar-refractivity contribution in [3.63, 3.8) is 0 Å². The summed E-state index contributed by atoms with van der Waals surface area (Å²) in [6.45, 7) is 0. The maximum Gasteiger partial charge on any atom is 0.337 e. The highest BCUT2D eigenvalue weighted by molar-refractivity contribution is 9.10. The molecule has 1 saturated heterocycles. The first-order valence-electron chi connectivity index (χ1n) is 7.74. The van der Waals surface area contributed by atoms with Gasteiger partial charge in [-0.25, -0.2) is 4.79 Å². The summed E-state index contributed by atoms with van der Waals surface area (Å²) in [6, 6.07) is 12.1. The van der Waals surface area contributed by atoms with E-state index in [-0.39, 0.29) is 5.91 Å². The fourth-order valence-electron chi connectivity index (χ4n) is 2.48. The van der Waals surface area contributed by atoms with Gasteiger partial charge in [-0.2, -0.15) is 0 Å². The molecule has 27 heavy (non-hydrogen) atoms. The van der Waals surface area contributed by atoms with Crippen molar-refractivity contribution in [2.45, 2.75) is 0 Å². The minimum Gasteiger partial charge on any atom is -0.496 e. The zero-order valence-corrected chi connectivity index (χ0v) is 17.6. The van der Waals surface area contributed by atoms with Crippen LogP contribution in [0, 0.1) is 0 Å². The van der Waals surface area contributed by atoms with Crippen molar-refractivity contribution in [1.82, 2.24) is 0 Å². The van der Waals surface area contributed by atoms with E-state index < -0.39 is 5.97 Å². The van der Waals surface area contributed by atoms with Gasteiger partial charge < -0.3 is 9.47 Å². The van der Waals surface area contributed by atoms with Crippen LogP contribution in [0.4, 0.5) is 5.69 Å². The van der Waals surface area contributed by atoms with Crippen molar-refractivity contribution in [2.75, 3.05) is 19.1 Å². The molecule has 1 fully saturated rings. The van der Waals surface area contributed by atoms with Gasteiger partial charge in [-0.3, -0.25) is 9.69 Å². The summed E-state index contributed by atoms with van der Waals surface area (Å²) >= 11 is 10.0. The maximum atomic E-state index is 12.8. The number of hydrogen-bond donors (Lipinski definition) is 0. The Bertz CT molecular complexity index is 957. The lowest BCUT2D eigenvalue weighted by Gasteiger charge is -2.14. The number of hydrogen-bond acceptors (Lipinski definition) is 6. The van der Waals surface area contributed by atoms with Crippen molar-refractivity contribution in [3.05, 3.63) is 63.0 Å². The predicted octanol–water partition coefficient (Wildman–Crippen LogP) is 4.65. The highest BCUT2D eigenvalue weighted by Gasteiger charge is 2.33. The Kier molecular flexibility index (Phi) is 5.98. The largest absolute Gasteiger partial charge is 0.496 e. The number of methoxy groups -OCH3 is 2. The number of benzene rings is 2. The molecule has 0 aromatic heterocycles. The number of halogens is 1. The molecule has 0 saturated carbocycles. The summed E-state index contributed by atoms with van der Waals surface area (Å²) in [5.74, 6) is 0.0741. The molecule has 2 aromatic rings. The molecular weight excluding hydrogens is 450 g/mol. The second-order valence-electron chi connectivity index (χ2n) is 5.45. The average molecular weight is 464 g/mol. The smallest absolute Gasteiger partial charge is 0.337 e. The molecular formula is C19H14BrNO4S2. The highest BCUT2D eigenvalue weighted by Crippen LogP contribution is 2.37. The van der Waals surface area contributed by atoms with Gasteiger partial charge in [0.05, 0.1) is 34.8 Å². The fraction of sp³-hybridized carbons (Fsp3) is 0.105. The van der Waals surface area contributed by atoms with Gasteiger partial charge in [0.2, 0.25) is 0 Å². The summed E-state index contributed by atoms with van der Waals surface area (Å²) < 4.78 is 11.1. The lowest BCUT2D eigenvalue weighted by Crippen LogP contribution is -2.27. The normalized spacial score (nSPS) is 15.4. The molecule has 3 rings (SSSR count). The Morgan fingerprint density at radius 1 is 1.19 bits per heavy atom. The molecule has 0 aliphatic carbocycles. The first kappa shape index (κ1) is 19.6. The fourth-order valence-corrected chi connectivity index (χ4v) is 4.34. The molecule has 0 N–H and O–H groups in total. The Hall–Kier alpha value is -2.16. The average Bonchev–Trinajstić information content (AvgIpc) is 2.94. The van der Waals surface area contributed by atoms with E-state index in [4.69, 9.17) is 17.0 Å². The van der Waals surface area contributed by atoms with Crippen LogP contribution in [0.5, 0.6) is 5.75 Å². The monoisotopic (exact) mass is 463 g/mol. The van der Waals surface area contributed by atoms with Gasteiger partial charge in [0.1, 0.15) is 5.75 Å². The number of nitrogens with zero attached hydrogens (tertiary/aromatic N) is 1. The standard InChI is InChI=1S/C19H14BrNO4S2/c1-24-15-8-3-11(9-14(15)20)10-16-17(22)21(19(26)27-16)13-6-4-12(5-7-13)18(23)25-2/h3-10H,1-2H3/b16-10+. The Morgan fingerprint density at radius 2 is 1.89 bits per heavy atom. The Labute approximate surface area is 174 Å². The first-order chi connectivity index (χ1) is 12.9. The van der Waals surface area contributed by atoms with Gasteiger partial charge in [0.15, 0.2) is 4.32 Å². The van der Waals surface area contributed by atoms with Crippen LogP contribution < -0.4 is 9.64 Å². The lowest BCUT2D eigenvalue weighted by molar-refractivity contribution is -0.113. The molecule has 1 aliphatic heterocycles. The summed E-state index contributed by atoms with van der Waals surface area (Å²) in [7, 11) is 2.91. The summed E-state index contributed by atoms with van der Waals surface area (Å²) in [5.41, 5.74) is 1.86. The predicted molar refractivity (Wildman–Crippen MR) is 114 cm³/mol. The molecule has 0 radical (unpaired) electrons. The van der Waals surface area contributed by atoms with Crippen molar-refractivity contribution in [3.8, 4) is 5.75 Å². The van der Waals surface area contributed by atoms with Crippen LogP contribution in [0.25, 0.3) is 6.08 Å². The van der Waals surface area contributed by atoms with Crippen LogP contribution in [-0.2, 0) is 9.53 Å². The number of carbonyl (C=O) groups excluding carboxylic acids is 2. The van der Waals surface area contributed by atoms with Gasteiger partial charge in [-0.15, -0.1) is 0 Å². The number of thioether (sulfide) groups is 1. The number of rotatable bonds is 4. The second-order valence-corrected chi connectivity index (χ2v) is 7.98. The minimum atomic E-state index is -0.433. The molecule has 1 aliphatic rings. The SMILES string of the molecule is COC(=O)c1ccc(N2C(=O)/C(=C\c3ccc(OC)c(Br)c3)SC2=S)cc1. The van der Waals surface area contributed by atoms with Crippen LogP contribution in [-0.4, -0.2) is 30.4 Å². The molecule has 5 nitrogen and oxygen atoms in total. The van der Waals surface area contributed by atoms with E-state index >= 15 is 0 Å². The number of carbonyl (C=O) groups is 2. The van der Waals surface area contributed by atoms with Crippen molar-refractivity contribution in [2.24, 2.45) is 0 Å². The molecule has 1 amide bonds. The van der Waals surface area contributed by atoms with E-state index in [0.29, 0.717) is 26.2 Å². The Balaban J connectivity index is 1.86. The van der Waals surface area contributed by atoms with Crippen molar-refractivity contribution in [1.29, 1.82) is 0 Å². The van der Waals surface area contributed by atoms with Crippen molar-refractivity contribution >= 4 is 67.9 Å². The van der Waals surface area contributed by atoms with E-state index in [0.717, 1.165) is 10.0 Å². The minimum absolute atomic E-state index is 0.206. The molecule has 138 valence electrons. The third kappa shape index (κ3) is 4.07. The Morgan fingerprint density at radius 3 is 2.48 bits per heavy atom. The van der Waals surface area contributed by atoms with E-state index in [1.54, 1.807) is 37.5 Å². The second kappa shape index (κ2) is 8.24. The molecule has 0 unspecified atom stereocenters. The number of amides is 1. The van der Waals surface area contributed by atoms with E-state index in [1.165, 1.54) is 23.8 Å². The summed E-state index contributed by atoms with van der Waals surface area (Å²) in [4.78, 5) is 26.3. The van der Waals surface area contributed by atoms with Crippen LogP contribution in [0.3, 0.4) is 0 Å². The van der Waals surface area contributed by atoms with E-state index in [9.17, 15) is 9.59 Å². The van der Waals surface area contributed by atoms with E-state index in [1.807, 2.05) is 18.2 Å². The van der Waals surface area contributed by atoms with Crippen molar-refractivity contribution < 1.29 is 19.1 Å². The molecule has 1 heterocycles. The van der Waals surface area contributed by atoms with Gasteiger partial charge in [0.25, 0.3) is 5.91 Å². The highest BCUT2D eigenvalue weighted by atomic mass is 79.9. The molecule has 0 atom stereocenters. The van der Waals surface area contributed by atoms with Crippen LogP contribution in [0.15, 0.2) is 51.8 Å². The summed E-state index contributed by atoms with van der Waals surface area (Å²) in [6.07, 6.45) is 1.78. The number of thiocarbonyl (C=S) groups is 1. The quantitative estimate of drug-likeness (QED) is 0.373. The van der Waals surface area contributed by atoms with Gasteiger partial charge in [0, 0.05) is 0 Å². The number of anilines is 1. The van der Waals surface area contributed by atoms with E-state index in [2.05, 4.69) is 20.7 Å². The zero-order chi connectivity index (χ0) is 19.6. The molecule has 2 aromatic carbocycles. The number of esters is 1. The lowest BCUT2D eigenvalue weighted by atomic mass is 10.2. The van der Waals surface area contributed by atoms with Crippen LogP contribution in [0.1, 0.15) is 15.9 Å². The molecule has 8 heteroatoms. The zero-order valence-electron chi connectivity index (χ0n) is 14.4. The van der Waals surface area contributed by atoms with Crippen LogP contribution in [0.2, 0.25) is 0 Å². The number of ether oxygens (including phenoxy) is 2. The third-order valence-electron chi connectivity index (χ3n) is 3.81. The maximum absolute atomic E-state index is 12.8. The van der Waals surface area contributed by atoms with Crippen LogP contribution >= 0.6 is 39.9 Å². The summed E-state index contributed by atoms with van der Waals surface area (Å²) in [5, 5.41) is 0. The topological polar surface area (TPSA) is 55.8 Å². The van der Waals surface area contributed by atoms with Gasteiger partial charge >= 0.3 is 5.97 Å².